The Morgan fingerprint density at radius 2 is 1.68 bits per heavy atom. The number of benzene rings is 3. The minimum atomic E-state index is -3.76. The fourth-order valence-corrected chi connectivity index (χ4v) is 4.64. The van der Waals surface area contributed by atoms with Gasteiger partial charge in [-0.3, -0.25) is 9.52 Å². The molecule has 0 aliphatic carbocycles. The van der Waals surface area contributed by atoms with E-state index in [2.05, 4.69) is 32.6 Å². The van der Waals surface area contributed by atoms with Crippen LogP contribution in [0.25, 0.3) is 0 Å². The van der Waals surface area contributed by atoms with Crippen LogP contribution < -0.4 is 10.0 Å². The summed E-state index contributed by atoms with van der Waals surface area (Å²) < 4.78 is 28.3. The van der Waals surface area contributed by atoms with E-state index in [9.17, 15) is 13.2 Å². The number of anilines is 2. The molecule has 0 aromatic heterocycles. The van der Waals surface area contributed by atoms with E-state index >= 15 is 0 Å². The predicted molar refractivity (Wildman–Crippen MR) is 121 cm³/mol. The fraction of sp³-hybridized carbons (Fsp3) is 0.0500. The van der Waals surface area contributed by atoms with Crippen molar-refractivity contribution >= 4 is 61.5 Å². The zero-order valence-corrected chi connectivity index (χ0v) is 18.5. The molecule has 0 saturated heterocycles. The van der Waals surface area contributed by atoms with E-state index in [1.165, 1.54) is 18.2 Å². The van der Waals surface area contributed by atoms with Crippen LogP contribution in [0.5, 0.6) is 0 Å². The van der Waals surface area contributed by atoms with Crippen molar-refractivity contribution in [3.63, 3.8) is 0 Å². The molecule has 0 atom stereocenters. The second-order valence-corrected chi connectivity index (χ2v) is 9.36. The van der Waals surface area contributed by atoms with Crippen LogP contribution in [0.4, 0.5) is 11.4 Å². The molecule has 0 bridgehead atoms. The highest BCUT2D eigenvalue weighted by Gasteiger charge is 2.15. The summed E-state index contributed by atoms with van der Waals surface area (Å²) >= 11 is 8.00. The van der Waals surface area contributed by atoms with Crippen molar-refractivity contribution in [3.05, 3.63) is 86.4 Å². The summed E-state index contributed by atoms with van der Waals surface area (Å²) in [4.78, 5) is 12.5. The molecule has 3 aromatic rings. The monoisotopic (exact) mass is 526 g/mol. The van der Waals surface area contributed by atoms with Gasteiger partial charge in [0.1, 0.15) is 0 Å². The fourth-order valence-electron chi connectivity index (χ4n) is 2.49. The van der Waals surface area contributed by atoms with E-state index in [0.29, 0.717) is 22.0 Å². The van der Waals surface area contributed by atoms with Gasteiger partial charge in [0.15, 0.2) is 0 Å². The van der Waals surface area contributed by atoms with Gasteiger partial charge in [0.2, 0.25) is 0 Å². The van der Waals surface area contributed by atoms with E-state index in [1.807, 2.05) is 19.1 Å². The minimum Gasteiger partial charge on any atom is -0.322 e. The van der Waals surface area contributed by atoms with Gasteiger partial charge in [-0.2, -0.15) is 0 Å². The molecule has 144 valence electrons. The maximum atomic E-state index is 12.5. The molecule has 5 nitrogen and oxygen atoms in total. The lowest BCUT2D eigenvalue weighted by molar-refractivity contribution is 0.102. The van der Waals surface area contributed by atoms with E-state index in [1.54, 1.807) is 36.4 Å². The summed E-state index contributed by atoms with van der Waals surface area (Å²) in [7, 11) is -3.76. The summed E-state index contributed by atoms with van der Waals surface area (Å²) in [6.45, 7) is 1.96. The first-order valence-corrected chi connectivity index (χ1v) is 11.1. The number of amides is 1. The molecule has 0 saturated carbocycles. The largest absolute Gasteiger partial charge is 0.322 e. The van der Waals surface area contributed by atoms with Crippen LogP contribution in [-0.4, -0.2) is 14.3 Å². The lowest BCUT2D eigenvalue weighted by atomic mass is 10.1. The van der Waals surface area contributed by atoms with Gasteiger partial charge in [-0.05, 0) is 84.1 Å². The number of nitrogens with one attached hydrogen (secondary N) is 2. The first-order valence-electron chi connectivity index (χ1n) is 8.20. The summed E-state index contributed by atoms with van der Waals surface area (Å²) in [5, 5.41) is 3.21. The van der Waals surface area contributed by atoms with Crippen molar-refractivity contribution in [2.24, 2.45) is 0 Å². The number of sulfonamides is 1. The van der Waals surface area contributed by atoms with Crippen LogP contribution in [0.1, 0.15) is 15.9 Å². The zero-order valence-electron chi connectivity index (χ0n) is 14.7. The second-order valence-electron chi connectivity index (χ2n) is 6.08. The standard InChI is InChI=1S/C20H16ClIN2O3S/c1-13-5-10-18(19(22)11-13)20(25)23-15-6-8-17(9-7-15)28(26,27)24-16-4-2-3-14(21)12-16/h2-12,24H,1H3,(H,23,25). The van der Waals surface area contributed by atoms with Crippen LogP contribution in [0.2, 0.25) is 5.02 Å². The number of rotatable bonds is 5. The van der Waals surface area contributed by atoms with E-state index < -0.39 is 10.0 Å². The molecule has 0 unspecified atom stereocenters. The van der Waals surface area contributed by atoms with Gasteiger partial charge in [-0.25, -0.2) is 8.42 Å². The van der Waals surface area contributed by atoms with Crippen molar-refractivity contribution in [1.82, 2.24) is 0 Å². The van der Waals surface area contributed by atoms with Gasteiger partial charge in [-0.15, -0.1) is 0 Å². The Bertz CT molecular complexity index is 1130. The van der Waals surface area contributed by atoms with Crippen molar-refractivity contribution < 1.29 is 13.2 Å². The SMILES string of the molecule is Cc1ccc(C(=O)Nc2ccc(S(=O)(=O)Nc3cccc(Cl)c3)cc2)c(I)c1. The van der Waals surface area contributed by atoms with Gasteiger partial charge in [-0.1, -0.05) is 29.3 Å². The van der Waals surface area contributed by atoms with Crippen LogP contribution >= 0.6 is 34.2 Å². The molecule has 3 rings (SSSR count). The van der Waals surface area contributed by atoms with Gasteiger partial charge in [0.25, 0.3) is 15.9 Å². The Labute approximate surface area is 182 Å². The van der Waals surface area contributed by atoms with E-state index in [4.69, 9.17) is 11.6 Å². The summed E-state index contributed by atoms with van der Waals surface area (Å²) in [6.07, 6.45) is 0. The molecule has 28 heavy (non-hydrogen) atoms. The van der Waals surface area contributed by atoms with Gasteiger partial charge >= 0.3 is 0 Å². The smallest absolute Gasteiger partial charge is 0.261 e. The van der Waals surface area contributed by atoms with Gasteiger partial charge in [0.05, 0.1) is 16.1 Å². The maximum absolute atomic E-state index is 12.5. The highest BCUT2D eigenvalue weighted by atomic mass is 127. The first kappa shape index (κ1) is 20.6. The van der Waals surface area contributed by atoms with E-state index in [0.717, 1.165) is 9.13 Å². The third kappa shape index (κ3) is 5.03. The molecule has 0 heterocycles. The minimum absolute atomic E-state index is 0.0791. The molecule has 0 aliphatic rings. The second kappa shape index (κ2) is 8.50. The van der Waals surface area contributed by atoms with Crippen LogP contribution in [0, 0.1) is 10.5 Å². The number of aryl methyl sites for hydroxylation is 1. The Balaban J connectivity index is 1.74. The highest BCUT2D eigenvalue weighted by Crippen LogP contribution is 2.21. The number of halogens is 2. The Morgan fingerprint density at radius 3 is 2.32 bits per heavy atom. The number of carbonyl (C=O) groups excluding carboxylic acids is 1. The normalized spacial score (nSPS) is 11.1. The molecular formula is C20H16ClIN2O3S. The maximum Gasteiger partial charge on any atom is 0.261 e. The highest BCUT2D eigenvalue weighted by molar-refractivity contribution is 14.1. The molecule has 0 fully saturated rings. The molecule has 0 radical (unpaired) electrons. The van der Waals surface area contributed by atoms with Crippen LogP contribution in [0.15, 0.2) is 71.6 Å². The zero-order chi connectivity index (χ0) is 20.3. The number of hydrogen-bond donors (Lipinski definition) is 2. The molecule has 0 spiro atoms. The molecule has 1 amide bonds. The van der Waals surface area contributed by atoms with Crippen molar-refractivity contribution in [2.75, 3.05) is 10.0 Å². The average molecular weight is 527 g/mol. The summed E-state index contributed by atoms with van der Waals surface area (Å²) in [5.74, 6) is -0.253. The number of hydrogen-bond acceptors (Lipinski definition) is 3. The molecule has 8 heteroatoms. The predicted octanol–water partition coefficient (Wildman–Crippen LogP) is 5.31. The lowest BCUT2D eigenvalue weighted by Crippen LogP contribution is -2.15. The quantitative estimate of drug-likeness (QED) is 0.443. The summed E-state index contributed by atoms with van der Waals surface area (Å²) in [5.41, 5.74) is 2.51. The third-order valence-corrected chi connectivity index (χ3v) is 6.39. The first-order chi connectivity index (χ1) is 13.2. The van der Waals surface area contributed by atoms with Crippen molar-refractivity contribution in [3.8, 4) is 0 Å². The topological polar surface area (TPSA) is 75.3 Å². The van der Waals surface area contributed by atoms with Gasteiger partial charge < -0.3 is 5.32 Å². The number of carbonyl (C=O) groups is 1. The Morgan fingerprint density at radius 1 is 0.964 bits per heavy atom. The Hall–Kier alpha value is -2.10. The van der Waals surface area contributed by atoms with Crippen LogP contribution in [-0.2, 0) is 10.0 Å². The molecular weight excluding hydrogens is 511 g/mol. The van der Waals surface area contributed by atoms with E-state index in [-0.39, 0.29) is 10.8 Å². The van der Waals surface area contributed by atoms with Crippen molar-refractivity contribution in [1.29, 1.82) is 0 Å². The molecule has 0 aliphatic heterocycles. The Kier molecular flexibility index (Phi) is 6.26. The van der Waals surface area contributed by atoms with Crippen molar-refractivity contribution in [2.45, 2.75) is 11.8 Å². The third-order valence-electron chi connectivity index (χ3n) is 3.87. The molecule has 2 N–H and O–H groups in total. The van der Waals surface area contributed by atoms with Gasteiger partial charge in [0, 0.05) is 14.3 Å². The lowest BCUT2D eigenvalue weighted by Gasteiger charge is -2.10. The average Bonchev–Trinajstić information content (AvgIpc) is 2.61. The van der Waals surface area contributed by atoms with Crippen LogP contribution in [0.3, 0.4) is 0 Å². The summed E-state index contributed by atoms with van der Waals surface area (Å²) in [6, 6.07) is 18.0. The molecule has 3 aromatic carbocycles.